The molecule has 0 saturated carbocycles. The van der Waals surface area contributed by atoms with Crippen molar-refractivity contribution in [1.29, 1.82) is 0 Å². The minimum absolute atomic E-state index is 0.0641. The highest BCUT2D eigenvalue weighted by Crippen LogP contribution is 2.29. The first kappa shape index (κ1) is 21.1. The van der Waals surface area contributed by atoms with Gasteiger partial charge in [0.25, 0.3) is 0 Å². The molecule has 1 heterocycles. The maximum Gasteiger partial charge on any atom is 0.243 e. The van der Waals surface area contributed by atoms with Gasteiger partial charge in [0.05, 0.1) is 17.2 Å². The molecule has 3 rings (SSSR count). The van der Waals surface area contributed by atoms with Gasteiger partial charge in [0.2, 0.25) is 15.9 Å². The van der Waals surface area contributed by atoms with E-state index in [0.29, 0.717) is 26.1 Å². The van der Waals surface area contributed by atoms with E-state index in [0.717, 1.165) is 24.2 Å². The third-order valence-corrected chi connectivity index (χ3v) is 6.73. The van der Waals surface area contributed by atoms with E-state index in [4.69, 9.17) is 4.74 Å². The lowest BCUT2D eigenvalue weighted by Crippen LogP contribution is -2.28. The van der Waals surface area contributed by atoms with Crippen LogP contribution in [-0.2, 0) is 21.2 Å². The normalized spacial score (nSPS) is 14.7. The molecule has 2 aromatic rings. The molecule has 8 heteroatoms. The summed E-state index contributed by atoms with van der Waals surface area (Å²) in [4.78, 5) is 12.5. The number of aromatic hydroxyl groups is 1. The molecule has 156 valence electrons. The highest BCUT2D eigenvalue weighted by Gasteiger charge is 2.27. The average Bonchev–Trinajstić information content (AvgIpc) is 3.25. The zero-order valence-corrected chi connectivity index (χ0v) is 17.2. The predicted octanol–water partition coefficient (Wildman–Crippen LogP) is 3.15. The van der Waals surface area contributed by atoms with Crippen LogP contribution in [0, 0.1) is 0 Å². The Bertz CT molecular complexity index is 969. The molecule has 1 saturated heterocycles. The number of carbonyl (C=O) groups excluding carboxylic acids is 1. The Kier molecular flexibility index (Phi) is 6.76. The molecule has 29 heavy (non-hydrogen) atoms. The van der Waals surface area contributed by atoms with Crippen molar-refractivity contribution in [2.75, 3.05) is 25.0 Å². The van der Waals surface area contributed by atoms with Gasteiger partial charge in [-0.25, -0.2) is 8.42 Å². The number of benzene rings is 2. The van der Waals surface area contributed by atoms with E-state index < -0.39 is 10.0 Å². The molecular formula is C21H26N2O5S. The number of hydrogen-bond acceptors (Lipinski definition) is 5. The maximum atomic E-state index is 12.7. The number of rotatable bonds is 8. The average molecular weight is 419 g/mol. The summed E-state index contributed by atoms with van der Waals surface area (Å²) < 4.78 is 32.4. The van der Waals surface area contributed by atoms with Gasteiger partial charge >= 0.3 is 0 Å². The number of aryl methyl sites for hydroxylation is 1. The smallest absolute Gasteiger partial charge is 0.243 e. The Morgan fingerprint density at radius 3 is 2.62 bits per heavy atom. The van der Waals surface area contributed by atoms with E-state index in [1.165, 1.54) is 22.5 Å². The molecule has 2 N–H and O–H groups in total. The maximum absolute atomic E-state index is 12.7. The lowest BCUT2D eigenvalue weighted by atomic mass is 10.1. The van der Waals surface area contributed by atoms with Gasteiger partial charge in [-0.1, -0.05) is 18.2 Å². The molecule has 1 aliphatic rings. The number of nitrogens with one attached hydrogen (secondary N) is 1. The van der Waals surface area contributed by atoms with Gasteiger partial charge in [-0.3, -0.25) is 4.79 Å². The summed E-state index contributed by atoms with van der Waals surface area (Å²) in [6.45, 7) is 3.42. The first-order valence-electron chi connectivity index (χ1n) is 9.75. The molecule has 0 spiro atoms. The largest absolute Gasteiger partial charge is 0.506 e. The number of carbonyl (C=O) groups is 1. The molecule has 0 atom stereocenters. The summed E-state index contributed by atoms with van der Waals surface area (Å²) in [5.74, 6) is 0.250. The highest BCUT2D eigenvalue weighted by molar-refractivity contribution is 7.89. The SMILES string of the molecule is CCOc1ccccc1CCC(=O)Nc1cc(S(=O)(=O)N2CCCC2)ccc1O. The molecule has 0 aromatic heterocycles. The van der Waals surface area contributed by atoms with Crippen LogP contribution in [0.2, 0.25) is 0 Å². The van der Waals surface area contributed by atoms with Gasteiger partial charge in [-0.05, 0) is 56.0 Å². The summed E-state index contributed by atoms with van der Waals surface area (Å²) in [5.41, 5.74) is 1.01. The molecule has 0 unspecified atom stereocenters. The van der Waals surface area contributed by atoms with Crippen molar-refractivity contribution in [2.24, 2.45) is 0 Å². The zero-order valence-electron chi connectivity index (χ0n) is 16.4. The van der Waals surface area contributed by atoms with Crippen LogP contribution in [0.1, 0.15) is 31.7 Å². The summed E-state index contributed by atoms with van der Waals surface area (Å²) in [7, 11) is -3.63. The lowest BCUT2D eigenvalue weighted by molar-refractivity contribution is -0.116. The number of sulfonamides is 1. The van der Waals surface area contributed by atoms with E-state index in [-0.39, 0.29) is 28.7 Å². The van der Waals surface area contributed by atoms with Gasteiger partial charge in [0, 0.05) is 19.5 Å². The Hall–Kier alpha value is -2.58. The van der Waals surface area contributed by atoms with Crippen molar-refractivity contribution in [2.45, 2.75) is 37.5 Å². The van der Waals surface area contributed by atoms with Crippen molar-refractivity contribution in [3.05, 3.63) is 48.0 Å². The molecule has 2 aromatic carbocycles. The van der Waals surface area contributed by atoms with Crippen molar-refractivity contribution in [3.8, 4) is 11.5 Å². The summed E-state index contributed by atoms with van der Waals surface area (Å²) in [6.07, 6.45) is 2.31. The minimum Gasteiger partial charge on any atom is -0.506 e. The number of phenols is 1. The highest BCUT2D eigenvalue weighted by atomic mass is 32.2. The Balaban J connectivity index is 1.69. The fraction of sp³-hybridized carbons (Fsp3) is 0.381. The van der Waals surface area contributed by atoms with Crippen LogP contribution in [0.15, 0.2) is 47.4 Å². The number of anilines is 1. The minimum atomic E-state index is -3.63. The van der Waals surface area contributed by atoms with E-state index in [1.54, 1.807) is 0 Å². The Labute approximate surface area is 171 Å². The number of phenolic OH excluding ortho intramolecular Hbond substituents is 1. The third-order valence-electron chi connectivity index (χ3n) is 4.84. The van der Waals surface area contributed by atoms with Crippen LogP contribution in [0.3, 0.4) is 0 Å². The van der Waals surface area contributed by atoms with Gasteiger partial charge < -0.3 is 15.2 Å². The number of hydrogen-bond donors (Lipinski definition) is 2. The summed E-state index contributed by atoms with van der Waals surface area (Å²) in [6, 6.07) is 11.5. The van der Waals surface area contributed by atoms with Gasteiger partial charge in [-0.15, -0.1) is 0 Å². The van der Waals surface area contributed by atoms with Gasteiger partial charge in [-0.2, -0.15) is 4.31 Å². The molecule has 0 radical (unpaired) electrons. The van der Waals surface area contributed by atoms with Crippen molar-refractivity contribution < 1.29 is 23.1 Å². The second-order valence-electron chi connectivity index (χ2n) is 6.88. The second-order valence-corrected chi connectivity index (χ2v) is 8.82. The van der Waals surface area contributed by atoms with Crippen LogP contribution >= 0.6 is 0 Å². The number of amides is 1. The molecule has 1 amide bonds. The number of ether oxygens (including phenoxy) is 1. The first-order valence-corrected chi connectivity index (χ1v) is 11.2. The summed E-state index contributed by atoms with van der Waals surface area (Å²) in [5, 5.41) is 12.7. The Morgan fingerprint density at radius 2 is 1.90 bits per heavy atom. The van der Waals surface area contributed by atoms with Crippen LogP contribution in [0.5, 0.6) is 11.5 Å². The number of nitrogens with zero attached hydrogens (tertiary/aromatic N) is 1. The standard InChI is InChI=1S/C21H26N2O5S/c1-2-28-20-8-4-3-7-16(20)9-12-21(25)22-18-15-17(10-11-19(18)24)29(26,27)23-13-5-6-14-23/h3-4,7-8,10-11,15,24H,2,5-6,9,12-14H2,1H3,(H,22,25). The quantitative estimate of drug-likeness (QED) is 0.642. The molecular weight excluding hydrogens is 392 g/mol. The van der Waals surface area contributed by atoms with Crippen molar-refractivity contribution in [1.82, 2.24) is 4.31 Å². The fourth-order valence-electron chi connectivity index (χ4n) is 3.32. The van der Waals surface area contributed by atoms with Crippen LogP contribution < -0.4 is 10.1 Å². The number of para-hydroxylation sites is 1. The molecule has 0 aliphatic carbocycles. The second kappa shape index (κ2) is 9.28. The molecule has 0 bridgehead atoms. The van der Waals surface area contributed by atoms with Crippen LogP contribution in [0.4, 0.5) is 5.69 Å². The zero-order chi connectivity index (χ0) is 20.9. The molecule has 7 nitrogen and oxygen atoms in total. The van der Waals surface area contributed by atoms with E-state index in [9.17, 15) is 18.3 Å². The van der Waals surface area contributed by atoms with Crippen LogP contribution in [-0.4, -0.2) is 43.4 Å². The van der Waals surface area contributed by atoms with E-state index in [2.05, 4.69) is 5.32 Å². The van der Waals surface area contributed by atoms with Gasteiger partial charge in [0.15, 0.2) is 0 Å². The monoisotopic (exact) mass is 418 g/mol. The summed E-state index contributed by atoms with van der Waals surface area (Å²) >= 11 is 0. The van der Waals surface area contributed by atoms with Crippen molar-refractivity contribution in [3.63, 3.8) is 0 Å². The fourth-order valence-corrected chi connectivity index (χ4v) is 4.86. The third kappa shape index (κ3) is 5.07. The molecule has 1 aliphatic heterocycles. The van der Waals surface area contributed by atoms with Gasteiger partial charge in [0.1, 0.15) is 11.5 Å². The van der Waals surface area contributed by atoms with Crippen molar-refractivity contribution >= 4 is 21.6 Å². The van der Waals surface area contributed by atoms with E-state index in [1.807, 2.05) is 31.2 Å². The topological polar surface area (TPSA) is 95.9 Å². The lowest BCUT2D eigenvalue weighted by Gasteiger charge is -2.17. The van der Waals surface area contributed by atoms with Crippen LogP contribution in [0.25, 0.3) is 0 Å². The van der Waals surface area contributed by atoms with E-state index >= 15 is 0 Å². The Morgan fingerprint density at radius 1 is 1.17 bits per heavy atom. The molecule has 1 fully saturated rings. The first-order chi connectivity index (χ1) is 13.9. The predicted molar refractivity (Wildman–Crippen MR) is 111 cm³/mol.